The normalized spacial score (nSPS) is 10.9. The van der Waals surface area contributed by atoms with Crippen LogP contribution in [0.2, 0.25) is 0 Å². The quantitative estimate of drug-likeness (QED) is 0.118. The van der Waals surface area contributed by atoms with Crippen LogP contribution in [0.4, 0.5) is 4.79 Å². The number of carboxylic acids is 1. The molecule has 29 heavy (non-hydrogen) atoms. The molecule has 0 aliphatic heterocycles. The van der Waals surface area contributed by atoms with Gasteiger partial charge in [0.25, 0.3) is 0 Å². The molecule has 1 amide bonds. The Labute approximate surface area is 169 Å². The van der Waals surface area contributed by atoms with Gasteiger partial charge >= 0.3 is 18.0 Å². The van der Waals surface area contributed by atoms with Gasteiger partial charge in [-0.2, -0.15) is 0 Å². The fourth-order valence-electron chi connectivity index (χ4n) is 0.881. The Bertz CT molecular complexity index is 478. The number of rotatable bonds is 10. The maximum atomic E-state index is 11.0. The molecule has 0 aliphatic rings. The monoisotopic (exact) mass is 427 g/mol. The number of alkyl carbamates (subject to hydrolysis) is 1. The van der Waals surface area contributed by atoms with E-state index in [4.69, 9.17) is 35.4 Å². The van der Waals surface area contributed by atoms with Crippen molar-refractivity contribution < 1.29 is 54.5 Å². The van der Waals surface area contributed by atoms with Crippen molar-refractivity contribution in [2.45, 2.75) is 26.9 Å². The molecule has 0 saturated carbocycles. The molecule has 0 aliphatic carbocycles. The Morgan fingerprint density at radius 2 is 1.59 bits per heavy atom. The van der Waals surface area contributed by atoms with E-state index in [1.165, 1.54) is 13.8 Å². The third kappa shape index (κ3) is 18.9. The summed E-state index contributed by atoms with van der Waals surface area (Å²) in [5.41, 5.74) is -1.11. The van der Waals surface area contributed by atoms with Crippen LogP contribution in [0.5, 0.6) is 0 Å². The molecule has 0 rings (SSSR count). The lowest BCUT2D eigenvalue weighted by atomic mass is 9.94. The number of nitrogens with one attached hydrogen (secondary N) is 1. The Morgan fingerprint density at radius 1 is 1.10 bits per heavy atom. The van der Waals surface area contributed by atoms with Crippen LogP contribution in [0.3, 0.4) is 0 Å². The van der Waals surface area contributed by atoms with Gasteiger partial charge in [0.15, 0.2) is 0 Å². The van der Waals surface area contributed by atoms with E-state index in [1.54, 1.807) is 6.92 Å². The third-order valence-electron chi connectivity index (χ3n) is 2.78. The zero-order valence-corrected chi connectivity index (χ0v) is 17.0. The highest BCUT2D eigenvalue weighted by Gasteiger charge is 2.31. The maximum absolute atomic E-state index is 11.0. The lowest BCUT2D eigenvalue weighted by molar-refractivity contribution is -0.153. The number of aliphatic carboxylic acids is 1. The van der Waals surface area contributed by atoms with Crippen molar-refractivity contribution in [2.75, 3.05) is 46.2 Å². The van der Waals surface area contributed by atoms with Crippen molar-refractivity contribution in [2.24, 2.45) is 5.41 Å². The minimum Gasteiger partial charge on any atom is -0.481 e. The second-order valence-electron chi connectivity index (χ2n) is 5.78. The summed E-state index contributed by atoms with van der Waals surface area (Å²) >= 11 is 0. The van der Waals surface area contributed by atoms with Crippen molar-refractivity contribution in [3.8, 4) is 0 Å². The number of carbonyl (C=O) groups excluding carboxylic acids is 2. The first-order chi connectivity index (χ1) is 13.4. The average Bonchev–Trinajstić information content (AvgIpc) is 2.69. The number of carboxylic acid groups (broad SMARTS) is 1. The summed E-state index contributed by atoms with van der Waals surface area (Å²) in [6, 6.07) is 0. The highest BCUT2D eigenvalue weighted by molar-refractivity contribution is 5.86. The molecule has 0 bridgehead atoms. The molecule has 0 fully saturated rings. The Kier molecular flexibility index (Phi) is 20.7. The van der Waals surface area contributed by atoms with Crippen LogP contribution < -0.4 is 5.32 Å². The zero-order chi connectivity index (χ0) is 23.5. The summed E-state index contributed by atoms with van der Waals surface area (Å²) in [5.74, 6) is -1.72. The lowest BCUT2D eigenvalue weighted by Gasteiger charge is -2.17. The Balaban J connectivity index is -0.000000471. The zero-order valence-electron chi connectivity index (χ0n) is 17.0. The summed E-state index contributed by atoms with van der Waals surface area (Å²) in [7, 11) is 0. The number of esters is 1. The lowest BCUT2D eigenvalue weighted by Crippen LogP contribution is -2.35. The van der Waals surface area contributed by atoms with E-state index < -0.39 is 49.4 Å². The number of aliphatic hydroxyl groups is 5. The summed E-state index contributed by atoms with van der Waals surface area (Å²) in [6.45, 7) is 6.33. The van der Waals surface area contributed by atoms with Crippen molar-refractivity contribution in [1.82, 2.24) is 5.32 Å². The number of hydrogen-bond acceptors (Lipinski definition) is 10. The highest BCUT2D eigenvalue weighted by atomic mass is 16.6. The Morgan fingerprint density at radius 3 is 1.90 bits per heavy atom. The molecule has 0 heterocycles. The second kappa shape index (κ2) is 19.1. The van der Waals surface area contributed by atoms with Crippen molar-refractivity contribution in [3.05, 3.63) is 12.2 Å². The first-order valence-electron chi connectivity index (χ1n) is 8.53. The van der Waals surface area contributed by atoms with E-state index in [0.717, 1.165) is 0 Å². The molecule has 0 aromatic heterocycles. The summed E-state index contributed by atoms with van der Waals surface area (Å²) in [6.07, 6.45) is -1.86. The predicted molar refractivity (Wildman–Crippen MR) is 101 cm³/mol. The molecule has 1 atom stereocenters. The van der Waals surface area contributed by atoms with E-state index in [0.29, 0.717) is 0 Å². The first kappa shape index (κ1) is 31.4. The van der Waals surface area contributed by atoms with Gasteiger partial charge < -0.3 is 45.4 Å². The number of aliphatic hydroxyl groups excluding tert-OH is 5. The van der Waals surface area contributed by atoms with Gasteiger partial charge in [-0.05, 0) is 20.8 Å². The van der Waals surface area contributed by atoms with Crippen molar-refractivity contribution >= 4 is 18.0 Å². The topological polar surface area (TPSA) is 203 Å². The van der Waals surface area contributed by atoms with Crippen molar-refractivity contribution in [1.29, 1.82) is 0 Å². The SMILES string of the molecule is C=C(C)C(=O)OCCNC(=O)OCC(O)CO.CC(CO)(CO)C(=O)O.CCO. The minimum atomic E-state index is -1.39. The van der Waals surface area contributed by atoms with E-state index >= 15 is 0 Å². The predicted octanol–water partition coefficient (Wildman–Crippen LogP) is -1.75. The number of hydrogen-bond donors (Lipinski definition) is 7. The molecule has 0 aromatic rings. The number of carbonyl (C=O) groups is 3. The Hall–Kier alpha value is -2.25. The minimum absolute atomic E-state index is 0.00332. The molecular weight excluding hydrogens is 394 g/mol. The third-order valence-corrected chi connectivity index (χ3v) is 2.78. The molecular formula is C17H33NO11. The van der Waals surface area contributed by atoms with Crippen LogP contribution >= 0.6 is 0 Å². The van der Waals surface area contributed by atoms with Crippen molar-refractivity contribution in [3.63, 3.8) is 0 Å². The van der Waals surface area contributed by atoms with Crippen LogP contribution in [0.1, 0.15) is 20.8 Å². The van der Waals surface area contributed by atoms with Gasteiger partial charge in [-0.1, -0.05) is 6.58 Å². The summed E-state index contributed by atoms with van der Waals surface area (Å²) in [4.78, 5) is 32.0. The first-order valence-corrected chi connectivity index (χ1v) is 8.53. The smallest absolute Gasteiger partial charge is 0.407 e. The fourth-order valence-corrected chi connectivity index (χ4v) is 0.881. The van der Waals surface area contributed by atoms with E-state index in [1.807, 2.05) is 0 Å². The van der Waals surface area contributed by atoms with E-state index in [-0.39, 0.29) is 31.9 Å². The van der Waals surface area contributed by atoms with Crippen LogP contribution in [0, 0.1) is 5.41 Å². The van der Waals surface area contributed by atoms with Gasteiger partial charge in [0.05, 0.1) is 26.4 Å². The molecule has 172 valence electrons. The van der Waals surface area contributed by atoms with Crippen LogP contribution in [0.15, 0.2) is 12.2 Å². The number of ether oxygens (including phenoxy) is 2. The maximum Gasteiger partial charge on any atom is 0.407 e. The van der Waals surface area contributed by atoms with E-state index in [9.17, 15) is 14.4 Å². The molecule has 12 nitrogen and oxygen atoms in total. The van der Waals surface area contributed by atoms with Crippen LogP contribution in [-0.4, -0.2) is 101 Å². The summed E-state index contributed by atoms with van der Waals surface area (Å²) < 4.78 is 9.23. The highest BCUT2D eigenvalue weighted by Crippen LogP contribution is 2.12. The second-order valence-corrected chi connectivity index (χ2v) is 5.78. The molecule has 1 unspecified atom stereocenters. The largest absolute Gasteiger partial charge is 0.481 e. The van der Waals surface area contributed by atoms with Gasteiger partial charge in [-0.25, -0.2) is 9.59 Å². The molecule has 7 N–H and O–H groups in total. The standard InChI is InChI=1S/C10H17NO6.C5H10O4.C2H6O/c1-7(2)9(14)16-4-3-11-10(15)17-6-8(13)5-12;1-5(2-6,3-7)4(8)9;1-2-3/h8,12-13H,1,3-6H2,2H3,(H,11,15);6-7H,2-3H2,1H3,(H,8,9);3H,2H2,1H3. The van der Waals surface area contributed by atoms with Gasteiger partial charge in [-0.15, -0.1) is 0 Å². The molecule has 0 spiro atoms. The van der Waals surface area contributed by atoms with Gasteiger partial charge in [0.2, 0.25) is 0 Å². The van der Waals surface area contributed by atoms with Gasteiger partial charge in [0, 0.05) is 12.2 Å². The molecule has 0 aromatic carbocycles. The fraction of sp³-hybridized carbons (Fsp3) is 0.706. The average molecular weight is 427 g/mol. The van der Waals surface area contributed by atoms with Crippen LogP contribution in [0.25, 0.3) is 0 Å². The number of amides is 1. The summed E-state index contributed by atoms with van der Waals surface area (Å²) in [5, 5.41) is 52.3. The van der Waals surface area contributed by atoms with E-state index in [2.05, 4.69) is 16.6 Å². The van der Waals surface area contributed by atoms with Gasteiger partial charge in [-0.3, -0.25) is 4.79 Å². The molecule has 0 saturated heterocycles. The van der Waals surface area contributed by atoms with Crippen LogP contribution in [-0.2, 0) is 19.1 Å². The molecule has 12 heteroatoms. The molecule has 0 radical (unpaired) electrons. The van der Waals surface area contributed by atoms with Gasteiger partial charge in [0.1, 0.15) is 24.7 Å².